The van der Waals surface area contributed by atoms with Crippen LogP contribution in [0.1, 0.15) is 22.3 Å². The summed E-state index contributed by atoms with van der Waals surface area (Å²) in [5.74, 6) is 0. The standard InChI is InChI=1S/C35H35NO5/c36-21-31-33(38-23-28-15-7-2-8-16-28)35(40-25-30-19-11-4-12-20-30)34(39-24-29-17-9-3-10-18-29)32(41-31)26-37-22-27-13-5-1-6-14-27/h1-20,31-35H,22-26H2/t31-,32+,33+,34+,35+/m0/s1. The first-order valence-corrected chi connectivity index (χ1v) is 13.9. The average Bonchev–Trinajstić information content (AvgIpc) is 3.04. The number of ether oxygens (including phenoxy) is 5. The molecular formula is C35H35NO5. The fourth-order valence-electron chi connectivity index (χ4n) is 4.89. The van der Waals surface area contributed by atoms with Gasteiger partial charge < -0.3 is 23.7 Å². The van der Waals surface area contributed by atoms with Crippen LogP contribution in [0.3, 0.4) is 0 Å². The van der Waals surface area contributed by atoms with Crippen LogP contribution in [-0.4, -0.2) is 37.1 Å². The normalized spacial score (nSPS) is 22.2. The highest BCUT2D eigenvalue weighted by molar-refractivity contribution is 5.17. The maximum absolute atomic E-state index is 10.2. The second-order valence-electron chi connectivity index (χ2n) is 10.0. The van der Waals surface area contributed by atoms with Crippen LogP contribution in [0.2, 0.25) is 0 Å². The lowest BCUT2D eigenvalue weighted by molar-refractivity contribution is -0.261. The Bertz CT molecular complexity index is 1330. The van der Waals surface area contributed by atoms with Crippen molar-refractivity contribution in [3.05, 3.63) is 144 Å². The van der Waals surface area contributed by atoms with E-state index in [-0.39, 0.29) is 6.61 Å². The summed E-state index contributed by atoms with van der Waals surface area (Å²) in [5.41, 5.74) is 4.11. The molecule has 5 rings (SSSR count). The largest absolute Gasteiger partial charge is 0.374 e. The number of nitrogens with zero attached hydrogens (tertiary/aromatic N) is 1. The number of hydrogen-bond donors (Lipinski definition) is 0. The van der Waals surface area contributed by atoms with Gasteiger partial charge in [-0.15, -0.1) is 0 Å². The van der Waals surface area contributed by atoms with Crippen LogP contribution in [0.25, 0.3) is 0 Å². The van der Waals surface area contributed by atoms with Crippen LogP contribution in [0.4, 0.5) is 0 Å². The van der Waals surface area contributed by atoms with Gasteiger partial charge in [0.2, 0.25) is 0 Å². The fraction of sp³-hybridized carbons (Fsp3) is 0.286. The highest BCUT2D eigenvalue weighted by atomic mass is 16.6. The highest BCUT2D eigenvalue weighted by Crippen LogP contribution is 2.31. The Kier molecular flexibility index (Phi) is 10.7. The van der Waals surface area contributed by atoms with Gasteiger partial charge in [0.15, 0.2) is 6.10 Å². The van der Waals surface area contributed by atoms with E-state index in [1.165, 1.54) is 0 Å². The first-order chi connectivity index (χ1) is 20.3. The number of rotatable bonds is 13. The van der Waals surface area contributed by atoms with Crippen LogP contribution in [0, 0.1) is 11.3 Å². The lowest BCUT2D eigenvalue weighted by Crippen LogP contribution is -2.60. The van der Waals surface area contributed by atoms with E-state index in [1.54, 1.807) is 0 Å². The molecule has 0 N–H and O–H groups in total. The molecule has 210 valence electrons. The van der Waals surface area contributed by atoms with Gasteiger partial charge in [0.05, 0.1) is 39.1 Å². The zero-order valence-corrected chi connectivity index (χ0v) is 23.0. The predicted octanol–water partition coefficient (Wildman–Crippen LogP) is 6.25. The minimum Gasteiger partial charge on any atom is -0.374 e. The SMILES string of the molecule is N#C[C@@H]1O[C@H](COCc2ccccc2)[C@@H](OCc2ccccc2)[C@H](OCc2ccccc2)[C@@H]1OCc1ccccc1. The molecule has 1 aliphatic heterocycles. The molecule has 1 aliphatic rings. The second-order valence-corrected chi connectivity index (χ2v) is 10.0. The van der Waals surface area contributed by atoms with Crippen LogP contribution in [0.15, 0.2) is 121 Å². The number of benzene rings is 4. The smallest absolute Gasteiger partial charge is 0.173 e. The Morgan fingerprint density at radius 1 is 0.512 bits per heavy atom. The zero-order valence-electron chi connectivity index (χ0n) is 23.0. The van der Waals surface area contributed by atoms with Crippen LogP contribution in [-0.2, 0) is 50.1 Å². The molecule has 6 nitrogen and oxygen atoms in total. The molecule has 0 saturated carbocycles. The molecule has 41 heavy (non-hydrogen) atoms. The minimum atomic E-state index is -0.860. The van der Waals surface area contributed by atoms with Crippen molar-refractivity contribution in [1.29, 1.82) is 5.26 Å². The van der Waals surface area contributed by atoms with Gasteiger partial charge in [-0.3, -0.25) is 0 Å². The van der Waals surface area contributed by atoms with Crippen molar-refractivity contribution in [3.63, 3.8) is 0 Å². The molecule has 0 bridgehead atoms. The van der Waals surface area contributed by atoms with E-state index >= 15 is 0 Å². The van der Waals surface area contributed by atoms with Gasteiger partial charge in [-0.25, -0.2) is 0 Å². The molecule has 6 heteroatoms. The van der Waals surface area contributed by atoms with Gasteiger partial charge in [-0.1, -0.05) is 121 Å². The van der Waals surface area contributed by atoms with Gasteiger partial charge >= 0.3 is 0 Å². The summed E-state index contributed by atoms with van der Waals surface area (Å²) in [4.78, 5) is 0. The van der Waals surface area contributed by atoms with Crippen molar-refractivity contribution in [2.45, 2.75) is 56.9 Å². The molecule has 5 atom stereocenters. The molecule has 0 aliphatic carbocycles. The maximum atomic E-state index is 10.2. The van der Waals surface area contributed by atoms with E-state index in [2.05, 4.69) is 6.07 Å². The first-order valence-electron chi connectivity index (χ1n) is 13.9. The molecule has 1 heterocycles. The molecule has 0 amide bonds. The van der Waals surface area contributed by atoms with E-state index in [0.717, 1.165) is 22.3 Å². The Balaban J connectivity index is 1.39. The predicted molar refractivity (Wildman–Crippen MR) is 155 cm³/mol. The molecule has 4 aromatic rings. The second kappa shape index (κ2) is 15.2. The summed E-state index contributed by atoms with van der Waals surface area (Å²) >= 11 is 0. The molecular weight excluding hydrogens is 514 g/mol. The van der Waals surface area contributed by atoms with Crippen molar-refractivity contribution >= 4 is 0 Å². The first kappa shape index (κ1) is 28.7. The highest BCUT2D eigenvalue weighted by Gasteiger charge is 2.48. The maximum Gasteiger partial charge on any atom is 0.173 e. The van der Waals surface area contributed by atoms with Crippen LogP contribution in [0.5, 0.6) is 0 Å². The molecule has 0 unspecified atom stereocenters. The van der Waals surface area contributed by atoms with Gasteiger partial charge in [0.25, 0.3) is 0 Å². The number of nitriles is 1. The van der Waals surface area contributed by atoms with E-state index in [9.17, 15) is 5.26 Å². The summed E-state index contributed by atoms with van der Waals surface area (Å²) in [6, 6.07) is 42.1. The summed E-state index contributed by atoms with van der Waals surface area (Å²) in [7, 11) is 0. The van der Waals surface area contributed by atoms with Gasteiger partial charge in [-0.05, 0) is 22.3 Å². The summed E-state index contributed by atoms with van der Waals surface area (Å²) in [6.45, 7) is 1.68. The third-order valence-corrected chi connectivity index (χ3v) is 7.01. The molecule has 0 aromatic heterocycles. The molecule has 0 radical (unpaired) electrons. The van der Waals surface area contributed by atoms with E-state index < -0.39 is 30.5 Å². The van der Waals surface area contributed by atoms with E-state index in [1.807, 2.05) is 121 Å². The average molecular weight is 550 g/mol. The third kappa shape index (κ3) is 8.34. The van der Waals surface area contributed by atoms with Gasteiger partial charge in [0, 0.05) is 0 Å². The van der Waals surface area contributed by atoms with Crippen molar-refractivity contribution in [1.82, 2.24) is 0 Å². The summed E-state index contributed by atoms with van der Waals surface area (Å²) < 4.78 is 31.9. The lowest BCUT2D eigenvalue weighted by atomic mass is 9.94. The molecule has 0 spiro atoms. The Morgan fingerprint density at radius 3 is 1.34 bits per heavy atom. The summed E-state index contributed by atoms with van der Waals surface area (Å²) in [5, 5.41) is 10.2. The zero-order chi connectivity index (χ0) is 28.1. The minimum absolute atomic E-state index is 0.239. The molecule has 4 aromatic carbocycles. The van der Waals surface area contributed by atoms with Crippen molar-refractivity contribution in [2.24, 2.45) is 0 Å². The lowest BCUT2D eigenvalue weighted by Gasteiger charge is -2.44. The van der Waals surface area contributed by atoms with Crippen molar-refractivity contribution in [3.8, 4) is 6.07 Å². The molecule has 1 saturated heterocycles. The van der Waals surface area contributed by atoms with Crippen LogP contribution >= 0.6 is 0 Å². The van der Waals surface area contributed by atoms with E-state index in [0.29, 0.717) is 26.4 Å². The quantitative estimate of drug-likeness (QED) is 0.196. The Morgan fingerprint density at radius 2 is 0.902 bits per heavy atom. The Hall–Kier alpha value is -3.83. The van der Waals surface area contributed by atoms with Crippen molar-refractivity contribution < 1.29 is 23.7 Å². The topological polar surface area (TPSA) is 69.9 Å². The number of hydrogen-bond acceptors (Lipinski definition) is 6. The Labute approximate surface area is 242 Å². The summed E-state index contributed by atoms with van der Waals surface area (Å²) in [6.07, 6.45) is -3.19. The van der Waals surface area contributed by atoms with Gasteiger partial charge in [0.1, 0.15) is 24.4 Å². The van der Waals surface area contributed by atoms with Gasteiger partial charge in [-0.2, -0.15) is 5.26 Å². The third-order valence-electron chi connectivity index (χ3n) is 7.01. The fourth-order valence-corrected chi connectivity index (χ4v) is 4.89. The van der Waals surface area contributed by atoms with Crippen LogP contribution < -0.4 is 0 Å². The monoisotopic (exact) mass is 549 g/mol. The van der Waals surface area contributed by atoms with E-state index in [4.69, 9.17) is 23.7 Å². The molecule has 1 fully saturated rings. The van der Waals surface area contributed by atoms with Crippen molar-refractivity contribution in [2.75, 3.05) is 6.61 Å².